The van der Waals surface area contributed by atoms with E-state index in [9.17, 15) is 4.79 Å². The quantitative estimate of drug-likeness (QED) is 0.667. The zero-order chi connectivity index (χ0) is 16.1. The van der Waals surface area contributed by atoms with Crippen LogP contribution in [0.1, 0.15) is 16.8 Å². The van der Waals surface area contributed by atoms with E-state index in [-0.39, 0.29) is 5.56 Å². The maximum absolute atomic E-state index is 12.1. The van der Waals surface area contributed by atoms with Gasteiger partial charge in [0.25, 0.3) is 5.56 Å². The molecule has 0 spiro atoms. The van der Waals surface area contributed by atoms with Gasteiger partial charge in [0.15, 0.2) is 0 Å². The molecule has 0 radical (unpaired) electrons. The Hall–Kier alpha value is -2.33. The topological polar surface area (TPSA) is 34.4 Å². The van der Waals surface area contributed by atoms with Crippen LogP contribution in [0.4, 0.5) is 0 Å². The molecule has 3 aromatic rings. The molecule has 0 fully saturated rings. The second-order valence-corrected chi connectivity index (χ2v) is 6.38. The number of benzene rings is 1. The summed E-state index contributed by atoms with van der Waals surface area (Å²) in [5.41, 5.74) is 3.77. The summed E-state index contributed by atoms with van der Waals surface area (Å²) in [6.45, 7) is 1.97. The lowest BCUT2D eigenvalue weighted by molar-refractivity contribution is 1.00. The summed E-state index contributed by atoms with van der Waals surface area (Å²) >= 11 is 1.75. The molecule has 4 heteroatoms. The van der Waals surface area contributed by atoms with E-state index < -0.39 is 0 Å². The van der Waals surface area contributed by atoms with E-state index in [1.54, 1.807) is 22.2 Å². The molecule has 0 atom stereocenters. The van der Waals surface area contributed by atoms with E-state index in [0.717, 1.165) is 22.8 Å². The maximum Gasteiger partial charge on any atom is 0.258 e. The van der Waals surface area contributed by atoms with Crippen LogP contribution in [-0.4, -0.2) is 15.1 Å². The SMILES string of the molecule is Cc1ccc2nc(CSCC=Cc3ccccc3)cc(=O)n2c1. The smallest absolute Gasteiger partial charge is 0.258 e. The molecule has 0 saturated carbocycles. The maximum atomic E-state index is 12.1. The average molecular weight is 322 g/mol. The number of nitrogens with zero attached hydrogens (tertiary/aromatic N) is 2. The summed E-state index contributed by atoms with van der Waals surface area (Å²) < 4.78 is 1.60. The molecule has 0 amide bonds. The fraction of sp³-hybridized carbons (Fsp3) is 0.158. The Morgan fingerprint density at radius 2 is 2.00 bits per heavy atom. The molecule has 3 nitrogen and oxygen atoms in total. The van der Waals surface area contributed by atoms with Gasteiger partial charge in [0.05, 0.1) is 5.69 Å². The van der Waals surface area contributed by atoms with Gasteiger partial charge in [0.1, 0.15) is 5.65 Å². The first-order valence-electron chi connectivity index (χ1n) is 7.51. The lowest BCUT2D eigenvalue weighted by atomic mass is 10.2. The monoisotopic (exact) mass is 322 g/mol. The Bertz CT molecular complexity index is 885. The minimum Gasteiger partial charge on any atom is -0.269 e. The predicted molar refractivity (Wildman–Crippen MR) is 97.8 cm³/mol. The van der Waals surface area contributed by atoms with Gasteiger partial charge in [-0.2, -0.15) is 11.8 Å². The van der Waals surface area contributed by atoms with Gasteiger partial charge in [-0.25, -0.2) is 4.98 Å². The third kappa shape index (κ3) is 4.11. The van der Waals surface area contributed by atoms with Crippen molar-refractivity contribution in [2.45, 2.75) is 12.7 Å². The molecule has 0 aliphatic carbocycles. The van der Waals surface area contributed by atoms with E-state index in [0.29, 0.717) is 5.65 Å². The molecular weight excluding hydrogens is 304 g/mol. The van der Waals surface area contributed by atoms with Crippen molar-refractivity contribution in [3.63, 3.8) is 0 Å². The number of thioether (sulfide) groups is 1. The van der Waals surface area contributed by atoms with Crippen LogP contribution in [-0.2, 0) is 5.75 Å². The zero-order valence-corrected chi connectivity index (χ0v) is 13.8. The summed E-state index contributed by atoms with van der Waals surface area (Å²) in [5, 5.41) is 0. The molecule has 2 aromatic heterocycles. The number of aromatic nitrogens is 2. The van der Waals surface area contributed by atoms with E-state index in [4.69, 9.17) is 0 Å². The molecule has 0 aliphatic rings. The highest BCUT2D eigenvalue weighted by molar-refractivity contribution is 7.98. The lowest BCUT2D eigenvalue weighted by Crippen LogP contribution is -2.15. The van der Waals surface area contributed by atoms with E-state index >= 15 is 0 Å². The van der Waals surface area contributed by atoms with Gasteiger partial charge in [-0.05, 0) is 24.1 Å². The van der Waals surface area contributed by atoms with Crippen molar-refractivity contribution in [3.05, 3.63) is 88.0 Å². The highest BCUT2D eigenvalue weighted by Crippen LogP contribution is 2.11. The van der Waals surface area contributed by atoms with Gasteiger partial charge in [0, 0.05) is 23.8 Å². The first-order chi connectivity index (χ1) is 11.2. The summed E-state index contributed by atoms with van der Waals surface area (Å²) in [6, 6.07) is 15.7. The second kappa shape index (κ2) is 7.29. The molecule has 2 heterocycles. The summed E-state index contributed by atoms with van der Waals surface area (Å²) in [4.78, 5) is 16.7. The van der Waals surface area contributed by atoms with Crippen LogP contribution >= 0.6 is 11.8 Å². The van der Waals surface area contributed by atoms with Gasteiger partial charge in [-0.15, -0.1) is 0 Å². The van der Waals surface area contributed by atoms with Crippen LogP contribution in [0.2, 0.25) is 0 Å². The summed E-state index contributed by atoms with van der Waals surface area (Å²) in [6.07, 6.45) is 6.07. The van der Waals surface area contributed by atoms with Crippen molar-refractivity contribution in [2.24, 2.45) is 0 Å². The molecule has 3 rings (SSSR count). The molecule has 1 aromatic carbocycles. The molecule has 0 aliphatic heterocycles. The van der Waals surface area contributed by atoms with E-state index in [2.05, 4.69) is 29.3 Å². The number of fused-ring (bicyclic) bond motifs is 1. The Morgan fingerprint density at radius 3 is 2.83 bits per heavy atom. The molecule has 0 N–H and O–H groups in total. The Balaban J connectivity index is 1.62. The van der Waals surface area contributed by atoms with Crippen LogP contribution < -0.4 is 5.56 Å². The lowest BCUT2D eigenvalue weighted by Gasteiger charge is -2.04. The van der Waals surface area contributed by atoms with Crippen LogP contribution in [0.3, 0.4) is 0 Å². The minimum atomic E-state index is -0.0193. The third-order valence-corrected chi connectivity index (χ3v) is 4.36. The van der Waals surface area contributed by atoms with Crippen LogP contribution in [0.25, 0.3) is 11.7 Å². The van der Waals surface area contributed by atoms with Crippen molar-refractivity contribution < 1.29 is 0 Å². The van der Waals surface area contributed by atoms with Crippen molar-refractivity contribution in [1.29, 1.82) is 0 Å². The molecule has 0 bridgehead atoms. The fourth-order valence-electron chi connectivity index (χ4n) is 2.31. The average Bonchev–Trinajstić information content (AvgIpc) is 2.56. The number of rotatable bonds is 5. The van der Waals surface area contributed by atoms with Crippen molar-refractivity contribution in [1.82, 2.24) is 9.38 Å². The Morgan fingerprint density at radius 1 is 1.17 bits per heavy atom. The molecule has 23 heavy (non-hydrogen) atoms. The van der Waals surface area contributed by atoms with E-state index in [1.165, 1.54) is 5.56 Å². The van der Waals surface area contributed by atoms with Gasteiger partial charge in [0.2, 0.25) is 0 Å². The summed E-state index contributed by atoms with van der Waals surface area (Å²) in [7, 11) is 0. The van der Waals surface area contributed by atoms with Gasteiger partial charge >= 0.3 is 0 Å². The number of aryl methyl sites for hydroxylation is 1. The Kier molecular flexibility index (Phi) is 4.93. The molecule has 116 valence electrons. The highest BCUT2D eigenvalue weighted by Gasteiger charge is 2.02. The van der Waals surface area contributed by atoms with Crippen LogP contribution in [0, 0.1) is 6.92 Å². The number of pyridine rings is 1. The highest BCUT2D eigenvalue weighted by atomic mass is 32.2. The van der Waals surface area contributed by atoms with Crippen molar-refractivity contribution in [3.8, 4) is 0 Å². The largest absolute Gasteiger partial charge is 0.269 e. The Labute approximate surface area is 139 Å². The molecular formula is C19H18N2OS. The first-order valence-corrected chi connectivity index (χ1v) is 8.66. The van der Waals surface area contributed by atoms with E-state index in [1.807, 2.05) is 43.5 Å². The standard InChI is InChI=1S/C19H18N2OS/c1-15-9-10-18-20-17(12-19(22)21(18)13-15)14-23-11-5-8-16-6-3-2-4-7-16/h2-10,12-13H,11,14H2,1H3. The summed E-state index contributed by atoms with van der Waals surface area (Å²) in [5.74, 6) is 1.63. The van der Waals surface area contributed by atoms with Crippen LogP contribution in [0.5, 0.6) is 0 Å². The third-order valence-electron chi connectivity index (χ3n) is 3.43. The van der Waals surface area contributed by atoms with Crippen molar-refractivity contribution >= 4 is 23.5 Å². The van der Waals surface area contributed by atoms with Crippen molar-refractivity contribution in [2.75, 3.05) is 5.75 Å². The molecule has 0 saturated heterocycles. The van der Waals surface area contributed by atoms with Gasteiger partial charge < -0.3 is 0 Å². The number of hydrogen-bond donors (Lipinski definition) is 0. The zero-order valence-electron chi connectivity index (χ0n) is 13.0. The molecule has 0 unspecified atom stereocenters. The second-order valence-electron chi connectivity index (χ2n) is 5.35. The van der Waals surface area contributed by atoms with Gasteiger partial charge in [-0.3, -0.25) is 9.20 Å². The minimum absolute atomic E-state index is 0.0193. The number of hydrogen-bond acceptors (Lipinski definition) is 3. The first kappa shape index (κ1) is 15.6. The van der Waals surface area contributed by atoms with Gasteiger partial charge in [-0.1, -0.05) is 48.6 Å². The predicted octanol–water partition coefficient (Wildman–Crippen LogP) is 3.95. The van der Waals surface area contributed by atoms with Crippen LogP contribution in [0.15, 0.2) is 65.6 Å². The fourth-order valence-corrected chi connectivity index (χ4v) is 3.02. The normalized spacial score (nSPS) is 11.3.